The highest BCUT2D eigenvalue weighted by Crippen LogP contribution is 2.36. The lowest BCUT2D eigenvalue weighted by molar-refractivity contribution is 0.394. The first-order chi connectivity index (χ1) is 7.55. The summed E-state index contributed by atoms with van der Waals surface area (Å²) in [7, 11) is 0. The van der Waals surface area contributed by atoms with E-state index < -0.39 is 5.54 Å². The molecule has 16 heavy (non-hydrogen) atoms. The Morgan fingerprint density at radius 1 is 1.38 bits per heavy atom. The molecule has 1 aliphatic rings. The smallest absolute Gasteiger partial charge is 0.234 e. The van der Waals surface area contributed by atoms with E-state index in [0.717, 1.165) is 15.8 Å². The highest BCUT2D eigenvalue weighted by Gasteiger charge is 2.28. The molecule has 0 atom stereocenters. The Morgan fingerprint density at radius 2 is 2.12 bits per heavy atom. The standard InChI is InChI=1S/C10H15N5S/c1-10(2,11)8-14-15-7(6-4-3-5-6)12-13-9(15)16-8/h6H,3-5,11H2,1-2H3. The summed E-state index contributed by atoms with van der Waals surface area (Å²) in [5, 5.41) is 13.8. The van der Waals surface area contributed by atoms with E-state index in [1.165, 1.54) is 30.6 Å². The van der Waals surface area contributed by atoms with Gasteiger partial charge < -0.3 is 5.73 Å². The van der Waals surface area contributed by atoms with Crippen molar-refractivity contribution in [2.75, 3.05) is 0 Å². The summed E-state index contributed by atoms with van der Waals surface area (Å²) in [6, 6.07) is 0. The van der Waals surface area contributed by atoms with E-state index in [0.29, 0.717) is 5.92 Å². The van der Waals surface area contributed by atoms with Gasteiger partial charge in [-0.2, -0.15) is 9.61 Å². The Morgan fingerprint density at radius 3 is 2.69 bits per heavy atom. The molecular formula is C10H15N5S. The molecule has 0 amide bonds. The first-order valence-corrected chi connectivity index (χ1v) is 6.39. The zero-order valence-corrected chi connectivity index (χ0v) is 10.3. The maximum atomic E-state index is 6.04. The van der Waals surface area contributed by atoms with Crippen molar-refractivity contribution in [2.45, 2.75) is 44.6 Å². The van der Waals surface area contributed by atoms with Crippen LogP contribution in [0.1, 0.15) is 49.9 Å². The number of hydrogen-bond acceptors (Lipinski definition) is 5. The second-order valence-electron chi connectivity index (χ2n) is 5.01. The SMILES string of the molecule is CC(C)(N)c1nn2c(C3CCC3)nnc2s1. The second-order valence-corrected chi connectivity index (χ2v) is 5.97. The van der Waals surface area contributed by atoms with Crippen molar-refractivity contribution in [3.05, 3.63) is 10.8 Å². The molecule has 2 N–H and O–H groups in total. The third-order valence-electron chi connectivity index (χ3n) is 3.04. The van der Waals surface area contributed by atoms with E-state index in [1.807, 2.05) is 18.4 Å². The first-order valence-electron chi connectivity index (χ1n) is 5.57. The number of fused-ring (bicyclic) bond motifs is 1. The molecule has 1 fully saturated rings. The van der Waals surface area contributed by atoms with E-state index in [1.54, 1.807) is 0 Å². The van der Waals surface area contributed by atoms with Crippen LogP contribution in [0, 0.1) is 0 Å². The molecule has 6 heteroatoms. The number of hydrogen-bond donors (Lipinski definition) is 1. The van der Waals surface area contributed by atoms with E-state index >= 15 is 0 Å². The van der Waals surface area contributed by atoms with Gasteiger partial charge in [0.1, 0.15) is 5.01 Å². The van der Waals surface area contributed by atoms with Crippen molar-refractivity contribution < 1.29 is 0 Å². The van der Waals surface area contributed by atoms with Gasteiger partial charge in [0.25, 0.3) is 0 Å². The molecule has 0 bridgehead atoms. The van der Waals surface area contributed by atoms with Crippen molar-refractivity contribution in [1.82, 2.24) is 19.8 Å². The molecule has 1 aliphatic carbocycles. The maximum Gasteiger partial charge on any atom is 0.234 e. The molecule has 86 valence electrons. The van der Waals surface area contributed by atoms with Gasteiger partial charge in [-0.25, -0.2) is 0 Å². The summed E-state index contributed by atoms with van der Waals surface area (Å²) >= 11 is 1.53. The van der Waals surface area contributed by atoms with Crippen LogP contribution in [0.3, 0.4) is 0 Å². The van der Waals surface area contributed by atoms with Gasteiger partial charge in [-0.1, -0.05) is 17.8 Å². The molecule has 3 rings (SSSR count). The predicted molar refractivity (Wildman–Crippen MR) is 62.5 cm³/mol. The summed E-state index contributed by atoms with van der Waals surface area (Å²) in [6.07, 6.45) is 3.71. The van der Waals surface area contributed by atoms with Crippen LogP contribution in [0.15, 0.2) is 0 Å². The molecule has 5 nitrogen and oxygen atoms in total. The molecule has 0 radical (unpaired) electrons. The molecule has 2 aromatic heterocycles. The fourth-order valence-corrected chi connectivity index (χ4v) is 2.67. The third-order valence-corrected chi connectivity index (χ3v) is 4.27. The van der Waals surface area contributed by atoms with Gasteiger partial charge in [-0.3, -0.25) is 0 Å². The average Bonchev–Trinajstić information content (AvgIpc) is 2.61. The minimum Gasteiger partial charge on any atom is -0.320 e. The summed E-state index contributed by atoms with van der Waals surface area (Å²) in [5.74, 6) is 1.55. The van der Waals surface area contributed by atoms with Crippen molar-refractivity contribution in [3.63, 3.8) is 0 Å². The monoisotopic (exact) mass is 237 g/mol. The van der Waals surface area contributed by atoms with Gasteiger partial charge in [-0.05, 0) is 26.7 Å². The average molecular weight is 237 g/mol. The summed E-state index contributed by atoms with van der Waals surface area (Å²) in [5.41, 5.74) is 5.64. The number of nitrogens with two attached hydrogens (primary N) is 1. The third kappa shape index (κ3) is 1.44. The first kappa shape index (κ1) is 10.2. The van der Waals surface area contributed by atoms with Gasteiger partial charge >= 0.3 is 0 Å². The summed E-state index contributed by atoms with van der Waals surface area (Å²) in [4.78, 5) is 0.857. The van der Waals surface area contributed by atoms with E-state index in [2.05, 4.69) is 15.3 Å². The van der Waals surface area contributed by atoms with E-state index in [4.69, 9.17) is 5.73 Å². The van der Waals surface area contributed by atoms with Crippen LogP contribution in [0.25, 0.3) is 4.96 Å². The van der Waals surface area contributed by atoms with E-state index in [9.17, 15) is 0 Å². The Balaban J connectivity index is 2.08. The molecule has 1 saturated carbocycles. The zero-order valence-electron chi connectivity index (χ0n) is 9.47. The minimum absolute atomic E-state index is 0.401. The molecule has 2 aromatic rings. The second kappa shape index (κ2) is 3.24. The van der Waals surface area contributed by atoms with Crippen LogP contribution in [-0.2, 0) is 5.54 Å². The van der Waals surface area contributed by atoms with Crippen molar-refractivity contribution in [3.8, 4) is 0 Å². The van der Waals surface area contributed by atoms with Gasteiger partial charge in [0.2, 0.25) is 4.96 Å². The lowest BCUT2D eigenvalue weighted by Crippen LogP contribution is -2.28. The van der Waals surface area contributed by atoms with Crippen LogP contribution in [0.5, 0.6) is 0 Å². The molecule has 0 aliphatic heterocycles. The largest absolute Gasteiger partial charge is 0.320 e. The van der Waals surface area contributed by atoms with Crippen LogP contribution in [-0.4, -0.2) is 19.8 Å². The molecular weight excluding hydrogens is 222 g/mol. The Bertz CT molecular complexity index is 517. The molecule has 2 heterocycles. The molecule has 0 unspecified atom stereocenters. The number of nitrogens with zero attached hydrogens (tertiary/aromatic N) is 4. The van der Waals surface area contributed by atoms with Gasteiger partial charge in [0.05, 0.1) is 5.54 Å². The Hall–Kier alpha value is -1.01. The van der Waals surface area contributed by atoms with Gasteiger partial charge in [0.15, 0.2) is 5.82 Å². The zero-order chi connectivity index (χ0) is 11.3. The predicted octanol–water partition coefficient (Wildman–Crippen LogP) is 1.65. The Kier molecular flexibility index (Phi) is 2.06. The summed E-state index contributed by atoms with van der Waals surface area (Å²) in [6.45, 7) is 3.92. The summed E-state index contributed by atoms with van der Waals surface area (Å²) < 4.78 is 1.87. The van der Waals surface area contributed by atoms with Gasteiger partial charge in [0, 0.05) is 5.92 Å². The number of rotatable bonds is 2. The normalized spacial score (nSPS) is 17.9. The highest BCUT2D eigenvalue weighted by atomic mass is 32.1. The van der Waals surface area contributed by atoms with Crippen molar-refractivity contribution in [2.24, 2.45) is 5.73 Å². The molecule has 0 aromatic carbocycles. The minimum atomic E-state index is -0.401. The molecule has 0 spiro atoms. The fourth-order valence-electron chi connectivity index (χ4n) is 1.81. The van der Waals surface area contributed by atoms with Crippen molar-refractivity contribution >= 4 is 16.3 Å². The lowest BCUT2D eigenvalue weighted by atomic mass is 9.85. The maximum absolute atomic E-state index is 6.04. The quantitative estimate of drug-likeness (QED) is 0.862. The highest BCUT2D eigenvalue weighted by molar-refractivity contribution is 7.16. The van der Waals surface area contributed by atoms with Crippen LogP contribution >= 0.6 is 11.3 Å². The Labute approximate surface area is 97.7 Å². The number of aromatic nitrogens is 4. The van der Waals surface area contributed by atoms with Crippen LogP contribution in [0.4, 0.5) is 0 Å². The van der Waals surface area contributed by atoms with Gasteiger partial charge in [-0.15, -0.1) is 10.2 Å². The fraction of sp³-hybridized carbons (Fsp3) is 0.700. The molecule has 0 saturated heterocycles. The van der Waals surface area contributed by atoms with Crippen LogP contribution in [0.2, 0.25) is 0 Å². The van der Waals surface area contributed by atoms with Crippen molar-refractivity contribution in [1.29, 1.82) is 0 Å². The van der Waals surface area contributed by atoms with E-state index in [-0.39, 0.29) is 0 Å². The lowest BCUT2D eigenvalue weighted by Gasteiger charge is -2.22. The topological polar surface area (TPSA) is 69.1 Å². The van der Waals surface area contributed by atoms with Crippen LogP contribution < -0.4 is 5.73 Å².